The van der Waals surface area contributed by atoms with Gasteiger partial charge in [-0.3, -0.25) is 0 Å². The van der Waals surface area contributed by atoms with Gasteiger partial charge in [0.1, 0.15) is 10.6 Å². The molecule has 0 radical (unpaired) electrons. The van der Waals surface area contributed by atoms with Gasteiger partial charge in [-0.05, 0) is 29.1 Å². The Hall–Kier alpha value is -1.70. The maximum atomic E-state index is 8.70. The lowest BCUT2D eigenvalue weighted by molar-refractivity contribution is 0.343. The van der Waals surface area contributed by atoms with E-state index in [0.29, 0.717) is 11.7 Å². The van der Waals surface area contributed by atoms with Gasteiger partial charge < -0.3 is 16.3 Å². The molecular weight excluding hydrogens is 274 g/mol. The summed E-state index contributed by atoms with van der Waals surface area (Å²) < 4.78 is 0. The van der Waals surface area contributed by atoms with Gasteiger partial charge in [0, 0.05) is 0 Å². The molecule has 2 aromatic rings. The minimum atomic E-state index is -0.0981. The Kier molecular flexibility index (Phi) is 4.08. The van der Waals surface area contributed by atoms with Gasteiger partial charge in [-0.2, -0.15) is 10.1 Å². The summed E-state index contributed by atoms with van der Waals surface area (Å²) in [5.74, 6) is 6.13. The molecule has 0 aliphatic heterocycles. The van der Waals surface area contributed by atoms with Crippen LogP contribution in [0.5, 0.6) is 0 Å². The number of thiophene rings is 1. The maximum Gasteiger partial charge on any atom is 0.225 e. The minimum absolute atomic E-state index is 0.0981. The molecule has 0 aliphatic rings. The fourth-order valence-electron chi connectivity index (χ4n) is 1.33. The molecule has 2 rings (SSSR count). The summed E-state index contributed by atoms with van der Waals surface area (Å²) in [6, 6.07) is 1.88. The summed E-state index contributed by atoms with van der Waals surface area (Å²) in [6.07, 6.45) is 3.06. The number of nitrogens with two attached hydrogens (primary N) is 1. The predicted octanol–water partition coefficient (Wildman–Crippen LogP) is 1.58. The smallest absolute Gasteiger partial charge is 0.225 e. The van der Waals surface area contributed by atoms with E-state index >= 15 is 0 Å². The summed E-state index contributed by atoms with van der Waals surface area (Å²) in [6.45, 7) is -0.0981. The number of anilines is 1. The van der Waals surface area contributed by atoms with Crippen molar-refractivity contribution in [2.24, 2.45) is 10.9 Å². The van der Waals surface area contributed by atoms with Crippen LogP contribution in [0.1, 0.15) is 0 Å². The van der Waals surface area contributed by atoms with Gasteiger partial charge in [0.25, 0.3) is 0 Å². The van der Waals surface area contributed by atoms with E-state index in [1.54, 1.807) is 6.08 Å². The lowest BCUT2D eigenvalue weighted by Gasteiger charge is -2.05. The molecule has 94 valence electrons. The van der Waals surface area contributed by atoms with Crippen molar-refractivity contribution in [1.29, 1.82) is 0 Å². The van der Waals surface area contributed by atoms with Crippen molar-refractivity contribution in [3.8, 4) is 0 Å². The van der Waals surface area contributed by atoms with Crippen molar-refractivity contribution in [1.82, 2.24) is 9.97 Å². The van der Waals surface area contributed by atoms with Crippen molar-refractivity contribution in [3.63, 3.8) is 0 Å². The fourth-order valence-corrected chi connectivity index (χ4v) is 2.31. The lowest BCUT2D eigenvalue weighted by Crippen LogP contribution is -2.13. The highest BCUT2D eigenvalue weighted by molar-refractivity contribution is 7.16. The molecule has 0 aromatic carbocycles. The highest BCUT2D eigenvalue weighted by Crippen LogP contribution is 2.26. The van der Waals surface area contributed by atoms with Crippen LogP contribution in [0.25, 0.3) is 10.2 Å². The first kappa shape index (κ1) is 12.7. The average Bonchev–Trinajstić information content (AvgIpc) is 2.82. The van der Waals surface area contributed by atoms with Gasteiger partial charge in [0.05, 0.1) is 12.0 Å². The van der Waals surface area contributed by atoms with E-state index in [1.807, 2.05) is 11.4 Å². The monoisotopic (exact) mass is 283 g/mol. The van der Waals surface area contributed by atoms with Gasteiger partial charge >= 0.3 is 0 Å². The molecule has 0 unspecified atom stereocenters. The second-order valence-electron chi connectivity index (χ2n) is 3.20. The first-order valence-corrected chi connectivity index (χ1v) is 6.23. The molecule has 0 fully saturated rings. The normalized spacial score (nSPS) is 12.4. The van der Waals surface area contributed by atoms with Gasteiger partial charge in [-0.15, -0.1) is 11.3 Å². The van der Waals surface area contributed by atoms with E-state index in [9.17, 15) is 0 Å². The van der Waals surface area contributed by atoms with Crippen LogP contribution in [0.2, 0.25) is 5.28 Å². The molecule has 0 atom stereocenters. The van der Waals surface area contributed by atoms with Crippen LogP contribution < -0.4 is 11.2 Å². The molecule has 18 heavy (non-hydrogen) atoms. The van der Waals surface area contributed by atoms with Crippen LogP contribution in [0, 0.1) is 0 Å². The Morgan fingerprint density at radius 2 is 2.44 bits per heavy atom. The van der Waals surface area contributed by atoms with Gasteiger partial charge in [0.15, 0.2) is 5.84 Å². The Balaban J connectivity index is 2.36. The highest BCUT2D eigenvalue weighted by atomic mass is 35.5. The van der Waals surface area contributed by atoms with E-state index in [0.717, 1.165) is 10.2 Å². The number of aromatic nitrogens is 2. The average molecular weight is 284 g/mol. The molecule has 6 nitrogen and oxygen atoms in total. The number of rotatable bonds is 3. The van der Waals surface area contributed by atoms with Crippen LogP contribution in [0.4, 0.5) is 5.82 Å². The third-order valence-electron chi connectivity index (χ3n) is 2.06. The number of amidine groups is 1. The fraction of sp³-hybridized carbons (Fsp3) is 0.100. The molecule has 2 heterocycles. The number of hydrogen-bond acceptors (Lipinski definition) is 6. The summed E-state index contributed by atoms with van der Waals surface area (Å²) in [7, 11) is 0. The number of aliphatic hydroxyl groups is 1. The lowest BCUT2D eigenvalue weighted by atomic mass is 10.3. The number of nitrogens with one attached hydrogen (secondary N) is 1. The summed E-state index contributed by atoms with van der Waals surface area (Å²) in [5.41, 5.74) is 0. The zero-order chi connectivity index (χ0) is 13.0. The number of nitrogens with zero attached hydrogens (tertiary/aromatic N) is 3. The standard InChI is InChI=1S/C10H10ClN5OS/c11-10-14-8(6-3-5-18-9(6)15-10)13-7(16-12)2-1-4-17/h1-3,5,17H,4,12H2,(H,13,14,15,16)/b2-1+. The van der Waals surface area contributed by atoms with Gasteiger partial charge in [0.2, 0.25) is 5.28 Å². The van der Waals surface area contributed by atoms with Crippen molar-refractivity contribution in [2.75, 3.05) is 11.9 Å². The molecule has 0 bridgehead atoms. The van der Waals surface area contributed by atoms with E-state index in [2.05, 4.69) is 20.4 Å². The van der Waals surface area contributed by atoms with Gasteiger partial charge in [-0.1, -0.05) is 6.08 Å². The summed E-state index contributed by atoms with van der Waals surface area (Å²) >= 11 is 7.29. The first-order chi connectivity index (χ1) is 8.74. The molecule has 4 N–H and O–H groups in total. The Morgan fingerprint density at radius 1 is 1.61 bits per heavy atom. The van der Waals surface area contributed by atoms with E-state index in [1.165, 1.54) is 17.4 Å². The number of hydrogen-bond donors (Lipinski definition) is 3. The third kappa shape index (κ3) is 2.76. The number of hydrazone groups is 1. The van der Waals surface area contributed by atoms with E-state index in [-0.39, 0.29) is 11.9 Å². The largest absolute Gasteiger partial charge is 0.392 e. The molecular formula is C10H10ClN5OS. The molecule has 0 aliphatic carbocycles. The predicted molar refractivity (Wildman–Crippen MR) is 73.9 cm³/mol. The maximum absolute atomic E-state index is 8.70. The second kappa shape index (κ2) is 5.76. The zero-order valence-corrected chi connectivity index (χ0v) is 10.7. The second-order valence-corrected chi connectivity index (χ2v) is 4.44. The topological polar surface area (TPSA) is 96.4 Å². The molecule has 0 saturated heterocycles. The Bertz CT molecular complexity index is 609. The zero-order valence-electron chi connectivity index (χ0n) is 9.17. The number of halogens is 1. The molecule has 0 spiro atoms. The van der Waals surface area contributed by atoms with Crippen molar-refractivity contribution in [3.05, 3.63) is 28.9 Å². The third-order valence-corrected chi connectivity index (χ3v) is 3.04. The van der Waals surface area contributed by atoms with Crippen LogP contribution in [0.3, 0.4) is 0 Å². The molecule has 0 amide bonds. The van der Waals surface area contributed by atoms with Gasteiger partial charge in [-0.25, -0.2) is 4.98 Å². The van der Waals surface area contributed by atoms with Crippen LogP contribution in [-0.4, -0.2) is 27.5 Å². The SMILES string of the molecule is N/N=C(\C=C\CO)Nc1nc(Cl)nc2sccc12. The number of fused-ring (bicyclic) bond motifs is 1. The number of aliphatic hydroxyl groups excluding tert-OH is 1. The molecule has 0 saturated carbocycles. The first-order valence-electron chi connectivity index (χ1n) is 4.97. The Morgan fingerprint density at radius 3 is 3.17 bits per heavy atom. The van der Waals surface area contributed by atoms with Crippen molar-refractivity contribution in [2.45, 2.75) is 0 Å². The van der Waals surface area contributed by atoms with Crippen LogP contribution in [-0.2, 0) is 0 Å². The van der Waals surface area contributed by atoms with Crippen LogP contribution in [0.15, 0.2) is 28.7 Å². The minimum Gasteiger partial charge on any atom is -0.392 e. The molecule has 8 heteroatoms. The summed E-state index contributed by atoms with van der Waals surface area (Å²) in [5, 5.41) is 18.1. The van der Waals surface area contributed by atoms with E-state index < -0.39 is 0 Å². The van der Waals surface area contributed by atoms with Crippen molar-refractivity contribution >= 4 is 44.8 Å². The summed E-state index contributed by atoms with van der Waals surface area (Å²) in [4.78, 5) is 8.96. The molecule has 2 aromatic heterocycles. The van der Waals surface area contributed by atoms with E-state index in [4.69, 9.17) is 22.6 Å². The van der Waals surface area contributed by atoms with Crippen molar-refractivity contribution < 1.29 is 5.11 Å². The van der Waals surface area contributed by atoms with Crippen LogP contribution >= 0.6 is 22.9 Å². The quantitative estimate of drug-likeness (QED) is 0.261. The Labute approximate surface area is 112 Å². The highest BCUT2D eigenvalue weighted by Gasteiger charge is 2.08.